The highest BCUT2D eigenvalue weighted by Gasteiger charge is 2.20. The van der Waals surface area contributed by atoms with Crippen molar-refractivity contribution in [1.29, 1.82) is 0 Å². The third-order valence-electron chi connectivity index (χ3n) is 3.04. The van der Waals surface area contributed by atoms with Gasteiger partial charge in [0.05, 0.1) is 12.2 Å². The maximum Gasteiger partial charge on any atom is 0.232 e. The summed E-state index contributed by atoms with van der Waals surface area (Å²) in [6.45, 7) is 3.29. The zero-order valence-corrected chi connectivity index (χ0v) is 10.3. The molecule has 18 heavy (non-hydrogen) atoms. The Morgan fingerprint density at radius 3 is 3.06 bits per heavy atom. The van der Waals surface area contributed by atoms with Gasteiger partial charge in [-0.1, -0.05) is 18.2 Å². The number of para-hydroxylation sites is 1. The van der Waals surface area contributed by atoms with E-state index in [0.29, 0.717) is 18.5 Å². The molecule has 1 aromatic carbocycles. The summed E-state index contributed by atoms with van der Waals surface area (Å²) < 4.78 is 11.3. The molecule has 1 aliphatic rings. The van der Waals surface area contributed by atoms with Crippen molar-refractivity contribution in [2.45, 2.75) is 32.5 Å². The Morgan fingerprint density at radius 2 is 2.22 bits per heavy atom. The summed E-state index contributed by atoms with van der Waals surface area (Å²) >= 11 is 0. The van der Waals surface area contributed by atoms with Crippen LogP contribution >= 0.6 is 0 Å². The third-order valence-corrected chi connectivity index (χ3v) is 3.04. The first-order valence-corrected chi connectivity index (χ1v) is 6.20. The minimum atomic E-state index is 0.380. The number of nitrogens with zero attached hydrogens (tertiary/aromatic N) is 1. The first-order valence-electron chi connectivity index (χ1n) is 6.20. The molecule has 0 saturated carbocycles. The normalized spacial score (nSPS) is 18.4. The predicted octanol–water partition coefficient (Wildman–Crippen LogP) is 2.29. The van der Waals surface area contributed by atoms with Crippen molar-refractivity contribution < 1.29 is 9.15 Å². The van der Waals surface area contributed by atoms with Crippen molar-refractivity contribution >= 4 is 0 Å². The fourth-order valence-electron chi connectivity index (χ4n) is 2.09. The number of aromatic nitrogens is 1. The summed E-state index contributed by atoms with van der Waals surface area (Å²) in [6.07, 6.45) is 0.921. The van der Waals surface area contributed by atoms with Crippen molar-refractivity contribution in [3.63, 3.8) is 0 Å². The van der Waals surface area contributed by atoms with Gasteiger partial charge < -0.3 is 14.5 Å². The van der Waals surface area contributed by atoms with Crippen LogP contribution in [-0.4, -0.2) is 11.0 Å². The number of benzene rings is 1. The van der Waals surface area contributed by atoms with Gasteiger partial charge in [0.25, 0.3) is 0 Å². The highest BCUT2D eigenvalue weighted by Crippen LogP contribution is 2.19. The maximum atomic E-state index is 5.68. The van der Waals surface area contributed by atoms with E-state index in [9.17, 15) is 0 Å². The van der Waals surface area contributed by atoms with E-state index in [-0.39, 0.29) is 0 Å². The van der Waals surface area contributed by atoms with Gasteiger partial charge >= 0.3 is 0 Å². The van der Waals surface area contributed by atoms with Gasteiger partial charge in [0.2, 0.25) is 5.89 Å². The summed E-state index contributed by atoms with van der Waals surface area (Å²) in [5.74, 6) is 2.43. The fourth-order valence-corrected chi connectivity index (χ4v) is 2.09. The molecule has 94 valence electrons. The van der Waals surface area contributed by atoms with Crippen LogP contribution in [0, 0.1) is 0 Å². The molecular formula is C14H16N2O2. The highest BCUT2D eigenvalue weighted by atomic mass is 16.5. The summed E-state index contributed by atoms with van der Waals surface area (Å²) in [4.78, 5) is 4.48. The molecule has 1 aromatic heterocycles. The van der Waals surface area contributed by atoms with Crippen LogP contribution in [0.1, 0.15) is 24.3 Å². The first kappa shape index (κ1) is 11.3. The van der Waals surface area contributed by atoms with E-state index in [2.05, 4.69) is 17.2 Å². The van der Waals surface area contributed by atoms with Crippen LogP contribution in [0.25, 0.3) is 0 Å². The molecule has 0 radical (unpaired) electrons. The molecule has 0 spiro atoms. The van der Waals surface area contributed by atoms with Crippen molar-refractivity contribution in [2.75, 3.05) is 0 Å². The number of ether oxygens (including phenoxy) is 1. The van der Waals surface area contributed by atoms with Gasteiger partial charge in [-0.15, -0.1) is 0 Å². The maximum absolute atomic E-state index is 5.68. The smallest absolute Gasteiger partial charge is 0.232 e. The summed E-state index contributed by atoms with van der Waals surface area (Å²) in [5.41, 5.74) is 1.06. The molecule has 1 atom stereocenters. The lowest BCUT2D eigenvalue weighted by Gasteiger charge is -2.16. The quantitative estimate of drug-likeness (QED) is 0.900. The van der Waals surface area contributed by atoms with Crippen LogP contribution in [-0.2, 0) is 19.6 Å². The second-order valence-electron chi connectivity index (χ2n) is 4.57. The molecular weight excluding hydrogens is 228 g/mol. The lowest BCUT2D eigenvalue weighted by Crippen LogP contribution is -2.32. The van der Waals surface area contributed by atoms with Gasteiger partial charge in [-0.3, -0.25) is 0 Å². The highest BCUT2D eigenvalue weighted by molar-refractivity contribution is 5.21. The average Bonchev–Trinajstić information content (AvgIpc) is 2.79. The molecule has 0 bridgehead atoms. The topological polar surface area (TPSA) is 47.3 Å². The zero-order valence-electron chi connectivity index (χ0n) is 10.3. The molecule has 0 amide bonds. The summed E-state index contributed by atoms with van der Waals surface area (Å²) in [5, 5.41) is 3.35. The Morgan fingerprint density at radius 1 is 1.39 bits per heavy atom. The molecule has 4 nitrogen and oxygen atoms in total. The van der Waals surface area contributed by atoms with Crippen LogP contribution < -0.4 is 10.1 Å². The van der Waals surface area contributed by atoms with E-state index in [1.165, 1.54) is 0 Å². The second-order valence-corrected chi connectivity index (χ2v) is 4.57. The Labute approximate surface area is 106 Å². The van der Waals surface area contributed by atoms with Crippen LogP contribution in [0.15, 0.2) is 34.7 Å². The molecule has 0 saturated heterocycles. The van der Waals surface area contributed by atoms with Crippen LogP contribution in [0.5, 0.6) is 5.75 Å². The zero-order chi connectivity index (χ0) is 12.4. The number of oxazole rings is 1. The van der Waals surface area contributed by atoms with Crippen molar-refractivity contribution in [2.24, 2.45) is 0 Å². The molecule has 3 rings (SSSR count). The molecule has 2 aromatic rings. The Balaban J connectivity index is 1.67. The van der Waals surface area contributed by atoms with Gasteiger partial charge in [0, 0.05) is 12.5 Å². The van der Waals surface area contributed by atoms with Gasteiger partial charge in [-0.2, -0.15) is 0 Å². The van der Waals surface area contributed by atoms with E-state index >= 15 is 0 Å². The van der Waals surface area contributed by atoms with Crippen molar-refractivity contribution in [3.05, 3.63) is 47.7 Å². The Kier molecular flexibility index (Phi) is 3.02. The molecule has 0 fully saturated rings. The van der Waals surface area contributed by atoms with E-state index in [1.807, 2.05) is 30.3 Å². The third kappa shape index (κ3) is 2.38. The number of nitrogens with one attached hydrogen (secondary N) is 1. The van der Waals surface area contributed by atoms with E-state index in [0.717, 1.165) is 30.2 Å². The van der Waals surface area contributed by atoms with Crippen LogP contribution in [0.2, 0.25) is 0 Å². The summed E-state index contributed by atoms with van der Waals surface area (Å²) in [6, 6.07) is 10.2. The standard InChI is InChI=1S/C14H16N2O2/c1-10-7-12-13(8-15-10)18-14(16-12)9-17-11-5-3-2-4-6-11/h2-6,10,15H,7-9H2,1H3. The average molecular weight is 244 g/mol. The SMILES string of the molecule is CC1Cc2nc(COc3ccccc3)oc2CN1. The lowest BCUT2D eigenvalue weighted by atomic mass is 10.1. The molecule has 4 heteroatoms. The number of fused-ring (bicyclic) bond motifs is 1. The van der Waals surface area contributed by atoms with Crippen molar-refractivity contribution in [1.82, 2.24) is 10.3 Å². The fraction of sp³-hybridized carbons (Fsp3) is 0.357. The minimum Gasteiger partial charge on any atom is -0.484 e. The molecule has 1 aliphatic heterocycles. The molecule has 1 N–H and O–H groups in total. The van der Waals surface area contributed by atoms with Gasteiger partial charge in [0.1, 0.15) is 11.5 Å². The Hall–Kier alpha value is -1.81. The summed E-state index contributed by atoms with van der Waals surface area (Å²) in [7, 11) is 0. The van der Waals surface area contributed by atoms with Crippen molar-refractivity contribution in [3.8, 4) is 5.75 Å². The molecule has 2 heterocycles. The lowest BCUT2D eigenvalue weighted by molar-refractivity contribution is 0.257. The van der Waals surface area contributed by atoms with E-state index in [4.69, 9.17) is 9.15 Å². The second kappa shape index (κ2) is 4.82. The van der Waals surface area contributed by atoms with Gasteiger partial charge in [-0.25, -0.2) is 4.98 Å². The predicted molar refractivity (Wildman–Crippen MR) is 67.3 cm³/mol. The van der Waals surface area contributed by atoms with E-state index < -0.39 is 0 Å². The number of hydrogen-bond acceptors (Lipinski definition) is 4. The minimum absolute atomic E-state index is 0.380. The van der Waals surface area contributed by atoms with Gasteiger partial charge in [-0.05, 0) is 19.1 Å². The van der Waals surface area contributed by atoms with Crippen LogP contribution in [0.3, 0.4) is 0 Å². The Bertz CT molecular complexity index is 522. The number of hydrogen-bond donors (Lipinski definition) is 1. The monoisotopic (exact) mass is 244 g/mol. The van der Waals surface area contributed by atoms with Gasteiger partial charge in [0.15, 0.2) is 6.61 Å². The molecule has 0 aliphatic carbocycles. The first-order chi connectivity index (χ1) is 8.81. The number of rotatable bonds is 3. The van der Waals surface area contributed by atoms with Crippen LogP contribution in [0.4, 0.5) is 0 Å². The largest absolute Gasteiger partial charge is 0.484 e. The van der Waals surface area contributed by atoms with E-state index in [1.54, 1.807) is 0 Å². The molecule has 1 unspecified atom stereocenters.